The summed E-state index contributed by atoms with van der Waals surface area (Å²) in [5, 5.41) is 13.3. The molecule has 5 heteroatoms. The summed E-state index contributed by atoms with van der Waals surface area (Å²) in [4.78, 5) is 0. The van der Waals surface area contributed by atoms with Gasteiger partial charge < -0.3 is 10.4 Å². The number of rotatable bonds is 6. The molecule has 0 saturated heterocycles. The Hall–Kier alpha value is -0.580. The van der Waals surface area contributed by atoms with E-state index in [2.05, 4.69) is 5.32 Å². The zero-order chi connectivity index (χ0) is 12.8. The van der Waals surface area contributed by atoms with E-state index in [1.54, 1.807) is 12.3 Å². The first kappa shape index (κ1) is 14.5. The van der Waals surface area contributed by atoms with Gasteiger partial charge in [-0.05, 0) is 19.4 Å². The molecule has 0 aromatic heterocycles. The van der Waals surface area contributed by atoms with Crippen LogP contribution in [0.25, 0.3) is 0 Å². The van der Waals surface area contributed by atoms with Gasteiger partial charge in [-0.15, -0.1) is 0 Å². The molecule has 3 nitrogen and oxygen atoms in total. The lowest BCUT2D eigenvalue weighted by molar-refractivity contribution is 0.458. The van der Waals surface area contributed by atoms with Gasteiger partial charge in [-0.3, -0.25) is 4.21 Å². The summed E-state index contributed by atoms with van der Waals surface area (Å²) in [5.74, 6) is 0.823. The fraction of sp³-hybridized carbons (Fsp3) is 0.500. The van der Waals surface area contributed by atoms with Crippen LogP contribution in [0.15, 0.2) is 18.2 Å². The van der Waals surface area contributed by atoms with Crippen LogP contribution in [0.5, 0.6) is 5.75 Å². The summed E-state index contributed by atoms with van der Waals surface area (Å²) in [6.45, 7) is 2.60. The molecule has 2 atom stereocenters. The molecule has 0 spiro atoms. The Morgan fingerprint density at radius 1 is 1.53 bits per heavy atom. The molecule has 0 amide bonds. The van der Waals surface area contributed by atoms with Crippen LogP contribution in [0, 0.1) is 0 Å². The zero-order valence-electron chi connectivity index (χ0n) is 10.1. The molecular formula is C12H18ClNO2S. The van der Waals surface area contributed by atoms with Crippen molar-refractivity contribution in [1.82, 2.24) is 5.32 Å². The molecule has 2 unspecified atom stereocenters. The third-order valence-electron chi connectivity index (χ3n) is 2.55. The first-order valence-electron chi connectivity index (χ1n) is 5.50. The van der Waals surface area contributed by atoms with Gasteiger partial charge in [-0.2, -0.15) is 0 Å². The van der Waals surface area contributed by atoms with E-state index in [0.29, 0.717) is 17.3 Å². The molecule has 0 aliphatic carbocycles. The number of para-hydroxylation sites is 1. The van der Waals surface area contributed by atoms with Crippen LogP contribution < -0.4 is 5.32 Å². The van der Waals surface area contributed by atoms with Crippen molar-refractivity contribution in [3.8, 4) is 5.75 Å². The molecule has 1 rings (SSSR count). The number of aromatic hydroxyl groups is 1. The van der Waals surface area contributed by atoms with Crippen LogP contribution in [-0.4, -0.2) is 27.4 Å². The van der Waals surface area contributed by atoms with Gasteiger partial charge in [0, 0.05) is 41.0 Å². The highest BCUT2D eigenvalue weighted by molar-refractivity contribution is 7.84. The first-order valence-corrected chi connectivity index (χ1v) is 7.61. The number of hydrogen-bond acceptors (Lipinski definition) is 3. The van der Waals surface area contributed by atoms with Crippen LogP contribution in [-0.2, 0) is 17.3 Å². The summed E-state index contributed by atoms with van der Waals surface area (Å²) >= 11 is 5.81. The second kappa shape index (κ2) is 6.99. The Morgan fingerprint density at radius 2 is 2.24 bits per heavy atom. The van der Waals surface area contributed by atoms with Crippen molar-refractivity contribution >= 4 is 22.4 Å². The number of halogens is 1. The van der Waals surface area contributed by atoms with E-state index in [1.807, 2.05) is 19.1 Å². The van der Waals surface area contributed by atoms with Gasteiger partial charge in [0.2, 0.25) is 0 Å². The van der Waals surface area contributed by atoms with E-state index in [0.717, 1.165) is 12.0 Å². The number of nitrogens with one attached hydrogen (secondary N) is 1. The monoisotopic (exact) mass is 275 g/mol. The molecule has 0 fully saturated rings. The summed E-state index contributed by atoms with van der Waals surface area (Å²) in [6, 6.07) is 5.56. The van der Waals surface area contributed by atoms with Gasteiger partial charge >= 0.3 is 0 Å². The summed E-state index contributed by atoms with van der Waals surface area (Å²) < 4.78 is 10.9. The smallest absolute Gasteiger partial charge is 0.138 e. The van der Waals surface area contributed by atoms with E-state index in [1.165, 1.54) is 0 Å². The van der Waals surface area contributed by atoms with E-state index in [9.17, 15) is 9.32 Å². The number of benzene rings is 1. The van der Waals surface area contributed by atoms with Crippen molar-refractivity contribution in [1.29, 1.82) is 0 Å². The lowest BCUT2D eigenvalue weighted by atomic mass is 10.2. The van der Waals surface area contributed by atoms with E-state index in [4.69, 9.17) is 11.6 Å². The second-order valence-electron chi connectivity index (χ2n) is 4.10. The van der Waals surface area contributed by atoms with Crippen LogP contribution in [0.1, 0.15) is 18.9 Å². The highest BCUT2D eigenvalue weighted by Crippen LogP contribution is 2.26. The number of phenols is 1. The Balaban J connectivity index is 2.44. The molecule has 0 aliphatic heterocycles. The summed E-state index contributed by atoms with van der Waals surface area (Å²) in [5.41, 5.74) is 0.780. The third-order valence-corrected chi connectivity index (χ3v) is 3.67. The summed E-state index contributed by atoms with van der Waals surface area (Å²) in [7, 11) is -0.753. The van der Waals surface area contributed by atoms with Gasteiger partial charge in [0.15, 0.2) is 0 Å². The maximum absolute atomic E-state index is 10.9. The minimum atomic E-state index is -0.753. The Morgan fingerprint density at radius 3 is 2.88 bits per heavy atom. The van der Waals surface area contributed by atoms with Crippen molar-refractivity contribution in [2.24, 2.45) is 0 Å². The summed E-state index contributed by atoms with van der Waals surface area (Å²) in [6.07, 6.45) is 2.56. The molecule has 1 aromatic rings. The normalized spacial score (nSPS) is 14.5. The van der Waals surface area contributed by atoms with E-state index in [-0.39, 0.29) is 11.8 Å². The average molecular weight is 276 g/mol. The van der Waals surface area contributed by atoms with Gasteiger partial charge in [0.05, 0.1) is 5.02 Å². The SMILES string of the molecule is CC(CCS(C)=O)NCc1cccc(Cl)c1O. The average Bonchev–Trinajstić information content (AvgIpc) is 2.28. The lowest BCUT2D eigenvalue weighted by Crippen LogP contribution is -2.27. The largest absolute Gasteiger partial charge is 0.506 e. The van der Waals surface area contributed by atoms with Gasteiger partial charge in [0.25, 0.3) is 0 Å². The maximum Gasteiger partial charge on any atom is 0.138 e. The van der Waals surface area contributed by atoms with Crippen LogP contribution in [0.3, 0.4) is 0 Å². The van der Waals surface area contributed by atoms with Crippen molar-refractivity contribution in [2.45, 2.75) is 25.9 Å². The molecule has 1 aromatic carbocycles. The van der Waals surface area contributed by atoms with Gasteiger partial charge in [-0.25, -0.2) is 0 Å². The molecular weight excluding hydrogens is 258 g/mol. The predicted molar refractivity (Wildman–Crippen MR) is 73.0 cm³/mol. The fourth-order valence-corrected chi connectivity index (χ4v) is 2.31. The zero-order valence-corrected chi connectivity index (χ0v) is 11.6. The maximum atomic E-state index is 10.9. The van der Waals surface area contributed by atoms with Gasteiger partial charge in [-0.1, -0.05) is 23.7 Å². The highest BCUT2D eigenvalue weighted by Gasteiger charge is 2.07. The molecule has 17 heavy (non-hydrogen) atoms. The molecule has 0 aliphatic rings. The lowest BCUT2D eigenvalue weighted by Gasteiger charge is -2.14. The topological polar surface area (TPSA) is 49.3 Å². The van der Waals surface area contributed by atoms with E-state index >= 15 is 0 Å². The quantitative estimate of drug-likeness (QED) is 0.838. The van der Waals surface area contributed by atoms with Crippen LogP contribution in [0.2, 0.25) is 5.02 Å². The minimum Gasteiger partial charge on any atom is -0.506 e. The molecule has 0 heterocycles. The molecule has 0 saturated carbocycles. The Labute approximate surface area is 110 Å². The van der Waals surface area contributed by atoms with Crippen molar-refractivity contribution < 1.29 is 9.32 Å². The predicted octanol–water partition coefficient (Wildman–Crippen LogP) is 2.29. The molecule has 0 bridgehead atoms. The second-order valence-corrected chi connectivity index (χ2v) is 6.06. The minimum absolute atomic E-state index is 0.132. The van der Waals surface area contributed by atoms with Gasteiger partial charge in [0.1, 0.15) is 5.75 Å². The van der Waals surface area contributed by atoms with Crippen LogP contribution >= 0.6 is 11.6 Å². The number of hydrogen-bond donors (Lipinski definition) is 2. The highest BCUT2D eigenvalue weighted by atomic mass is 35.5. The molecule has 96 valence electrons. The fourth-order valence-electron chi connectivity index (χ4n) is 1.43. The molecule has 2 N–H and O–H groups in total. The van der Waals surface area contributed by atoms with E-state index < -0.39 is 10.8 Å². The third kappa shape index (κ3) is 5.06. The van der Waals surface area contributed by atoms with Crippen LogP contribution in [0.4, 0.5) is 0 Å². The van der Waals surface area contributed by atoms with Crippen molar-refractivity contribution in [3.63, 3.8) is 0 Å². The standard InChI is InChI=1S/C12H18ClNO2S/c1-9(6-7-17(2)16)14-8-10-4-3-5-11(13)12(10)15/h3-5,9,14-15H,6-8H2,1-2H3. The Bertz CT molecular complexity index is 398. The molecule has 0 radical (unpaired) electrons. The number of phenolic OH excluding ortho intramolecular Hbond substituents is 1. The van der Waals surface area contributed by atoms with Crippen molar-refractivity contribution in [2.75, 3.05) is 12.0 Å². The van der Waals surface area contributed by atoms with Crippen molar-refractivity contribution in [3.05, 3.63) is 28.8 Å². The Kier molecular flexibility index (Phi) is 5.95. The first-order chi connectivity index (χ1) is 8.00.